The normalized spacial score (nSPS) is 26.3. The predicted octanol–water partition coefficient (Wildman–Crippen LogP) is 4.28. The van der Waals surface area contributed by atoms with Crippen LogP contribution in [0.15, 0.2) is 43.1 Å². The highest BCUT2D eigenvalue weighted by molar-refractivity contribution is 5.85. The van der Waals surface area contributed by atoms with Gasteiger partial charge in [-0.3, -0.25) is 9.88 Å². The third-order valence-corrected chi connectivity index (χ3v) is 6.63. The molecule has 2 aromatic rings. The van der Waals surface area contributed by atoms with Crippen LogP contribution in [-0.2, 0) is 0 Å². The van der Waals surface area contributed by atoms with E-state index in [2.05, 4.69) is 33.2 Å². The number of hydrogen-bond acceptors (Lipinski definition) is 4. The Bertz CT molecular complexity index is 968. The molecule has 1 unspecified atom stereocenters. The standard InChI is InChI=1S/C25H34N4O2/c1-6-16-15-29-12-10-17(16)13-22(29)23(27-24(30)28-25(2,3)4)19-9-11-26-21-8-7-18(31-5)14-20(19)21/h6-9,11,14,16-17,22-23H,1,10,12-13,15H2,2-5H3,(H2,27,28,30)/t16-,17-,22-,23+/m0/s1. The van der Waals surface area contributed by atoms with Crippen LogP contribution in [0.4, 0.5) is 4.79 Å². The van der Waals surface area contributed by atoms with Gasteiger partial charge in [0, 0.05) is 29.7 Å². The lowest BCUT2D eigenvalue weighted by atomic mass is 9.73. The topological polar surface area (TPSA) is 66.5 Å². The van der Waals surface area contributed by atoms with E-state index < -0.39 is 0 Å². The molecule has 6 nitrogen and oxygen atoms in total. The fourth-order valence-corrected chi connectivity index (χ4v) is 5.17. The van der Waals surface area contributed by atoms with Crippen LogP contribution in [0.1, 0.15) is 45.2 Å². The van der Waals surface area contributed by atoms with Crippen molar-refractivity contribution < 1.29 is 9.53 Å². The first-order chi connectivity index (χ1) is 14.8. The van der Waals surface area contributed by atoms with E-state index in [1.807, 2.05) is 51.2 Å². The monoisotopic (exact) mass is 422 g/mol. The second kappa shape index (κ2) is 8.50. The van der Waals surface area contributed by atoms with Gasteiger partial charge in [-0.25, -0.2) is 4.79 Å². The fourth-order valence-electron chi connectivity index (χ4n) is 5.17. The Morgan fingerprint density at radius 2 is 2.16 bits per heavy atom. The zero-order chi connectivity index (χ0) is 22.2. The van der Waals surface area contributed by atoms with E-state index in [9.17, 15) is 4.79 Å². The molecular weight excluding hydrogens is 388 g/mol. The maximum Gasteiger partial charge on any atom is 0.315 e. The molecule has 3 aliphatic rings. The number of benzene rings is 1. The van der Waals surface area contributed by atoms with Gasteiger partial charge in [0.1, 0.15) is 5.75 Å². The van der Waals surface area contributed by atoms with Crippen LogP contribution >= 0.6 is 0 Å². The summed E-state index contributed by atoms with van der Waals surface area (Å²) in [6.07, 6.45) is 6.18. The molecule has 2 N–H and O–H groups in total. The molecular formula is C25H34N4O2. The molecule has 0 aliphatic carbocycles. The molecule has 0 spiro atoms. The summed E-state index contributed by atoms with van der Waals surface area (Å²) < 4.78 is 5.48. The number of methoxy groups -OCH3 is 1. The van der Waals surface area contributed by atoms with Gasteiger partial charge >= 0.3 is 6.03 Å². The number of carbonyl (C=O) groups is 1. The molecule has 2 bridgehead atoms. The van der Waals surface area contributed by atoms with Crippen LogP contribution < -0.4 is 15.4 Å². The summed E-state index contributed by atoms with van der Waals surface area (Å²) in [5, 5.41) is 7.41. The maximum absolute atomic E-state index is 13.0. The van der Waals surface area contributed by atoms with E-state index in [0.717, 1.165) is 41.7 Å². The first kappa shape index (κ1) is 21.6. The lowest BCUT2D eigenvalue weighted by Gasteiger charge is -2.51. The van der Waals surface area contributed by atoms with Crippen molar-refractivity contribution in [3.05, 3.63) is 48.7 Å². The second-order valence-electron chi connectivity index (χ2n) is 9.86. The molecule has 3 fully saturated rings. The van der Waals surface area contributed by atoms with E-state index in [0.29, 0.717) is 11.8 Å². The zero-order valence-electron chi connectivity index (χ0n) is 19.0. The van der Waals surface area contributed by atoms with Gasteiger partial charge in [-0.15, -0.1) is 6.58 Å². The van der Waals surface area contributed by atoms with Crippen LogP contribution in [0.5, 0.6) is 5.75 Å². The van der Waals surface area contributed by atoms with Crippen LogP contribution in [0.25, 0.3) is 10.9 Å². The quantitative estimate of drug-likeness (QED) is 0.706. The summed E-state index contributed by atoms with van der Waals surface area (Å²) in [6, 6.07) is 7.91. The summed E-state index contributed by atoms with van der Waals surface area (Å²) in [5.74, 6) is 1.94. The van der Waals surface area contributed by atoms with Gasteiger partial charge in [0.05, 0.1) is 18.7 Å². The summed E-state index contributed by atoms with van der Waals surface area (Å²) in [5.41, 5.74) is 1.68. The molecule has 6 heteroatoms. The Labute approximate surface area is 185 Å². The number of urea groups is 1. The van der Waals surface area contributed by atoms with Crippen molar-refractivity contribution >= 4 is 16.9 Å². The number of aromatic nitrogens is 1. The van der Waals surface area contributed by atoms with E-state index in [1.165, 1.54) is 6.42 Å². The minimum atomic E-state index is -0.308. The van der Waals surface area contributed by atoms with Gasteiger partial charge in [0.15, 0.2) is 0 Å². The number of rotatable bonds is 5. The summed E-state index contributed by atoms with van der Waals surface area (Å²) in [7, 11) is 1.67. The molecule has 0 radical (unpaired) electrons. The van der Waals surface area contributed by atoms with E-state index >= 15 is 0 Å². The molecule has 5 atom stereocenters. The molecule has 166 valence electrons. The largest absolute Gasteiger partial charge is 0.497 e. The highest BCUT2D eigenvalue weighted by Gasteiger charge is 2.43. The molecule has 31 heavy (non-hydrogen) atoms. The summed E-state index contributed by atoms with van der Waals surface area (Å²) >= 11 is 0. The number of pyridine rings is 1. The third-order valence-electron chi connectivity index (χ3n) is 6.63. The van der Waals surface area contributed by atoms with Crippen molar-refractivity contribution in [3.63, 3.8) is 0 Å². The van der Waals surface area contributed by atoms with Crippen LogP contribution in [0.2, 0.25) is 0 Å². The van der Waals surface area contributed by atoms with Crippen molar-refractivity contribution in [1.29, 1.82) is 0 Å². The molecule has 3 saturated heterocycles. The number of fused-ring (bicyclic) bond motifs is 4. The lowest BCUT2D eigenvalue weighted by Crippen LogP contribution is -2.59. The predicted molar refractivity (Wildman–Crippen MR) is 124 cm³/mol. The Hall–Kier alpha value is -2.60. The van der Waals surface area contributed by atoms with E-state index in [4.69, 9.17) is 4.74 Å². The number of nitrogens with zero attached hydrogens (tertiary/aromatic N) is 2. The Kier molecular flexibility index (Phi) is 5.93. The molecule has 1 aromatic heterocycles. The number of ether oxygens (including phenoxy) is 1. The third kappa shape index (κ3) is 4.54. The molecule has 4 heterocycles. The van der Waals surface area contributed by atoms with E-state index in [1.54, 1.807) is 7.11 Å². The average Bonchev–Trinajstić information content (AvgIpc) is 2.75. The second-order valence-corrected chi connectivity index (χ2v) is 9.86. The number of amides is 2. The van der Waals surface area contributed by atoms with Crippen molar-refractivity contribution in [2.24, 2.45) is 11.8 Å². The zero-order valence-corrected chi connectivity index (χ0v) is 19.0. The summed E-state index contributed by atoms with van der Waals surface area (Å²) in [6.45, 7) is 12.1. The van der Waals surface area contributed by atoms with Crippen molar-refractivity contribution in [1.82, 2.24) is 20.5 Å². The molecule has 5 rings (SSSR count). The van der Waals surface area contributed by atoms with Crippen molar-refractivity contribution in [3.8, 4) is 5.75 Å². The molecule has 2 amide bonds. The molecule has 3 aliphatic heterocycles. The number of piperidine rings is 3. The van der Waals surface area contributed by atoms with Gasteiger partial charge in [-0.2, -0.15) is 0 Å². The van der Waals surface area contributed by atoms with Crippen molar-refractivity contribution in [2.75, 3.05) is 20.2 Å². The highest BCUT2D eigenvalue weighted by atomic mass is 16.5. The Balaban J connectivity index is 1.74. The SMILES string of the molecule is C=C[C@H]1CN2CC[C@H]1C[C@H]2[C@H](NC(=O)NC(C)(C)C)c1ccnc2ccc(OC)cc12. The number of carbonyl (C=O) groups excluding carboxylic acids is 1. The first-order valence-electron chi connectivity index (χ1n) is 11.2. The fraction of sp³-hybridized carbons (Fsp3) is 0.520. The van der Waals surface area contributed by atoms with Gasteiger partial charge in [-0.05, 0) is 81.8 Å². The van der Waals surface area contributed by atoms with E-state index in [-0.39, 0.29) is 23.7 Å². The Morgan fingerprint density at radius 1 is 1.35 bits per heavy atom. The summed E-state index contributed by atoms with van der Waals surface area (Å²) in [4.78, 5) is 20.0. The van der Waals surface area contributed by atoms with Gasteiger partial charge < -0.3 is 15.4 Å². The van der Waals surface area contributed by atoms with Crippen LogP contribution in [-0.4, -0.2) is 47.7 Å². The lowest BCUT2D eigenvalue weighted by molar-refractivity contribution is 0.00301. The first-order valence-corrected chi connectivity index (χ1v) is 11.2. The minimum Gasteiger partial charge on any atom is -0.497 e. The average molecular weight is 423 g/mol. The van der Waals surface area contributed by atoms with Crippen LogP contribution in [0.3, 0.4) is 0 Å². The van der Waals surface area contributed by atoms with Crippen LogP contribution in [0, 0.1) is 11.8 Å². The van der Waals surface area contributed by atoms with Gasteiger partial charge in [0.25, 0.3) is 0 Å². The van der Waals surface area contributed by atoms with Crippen molar-refractivity contribution in [2.45, 2.75) is 51.2 Å². The number of nitrogens with one attached hydrogen (secondary N) is 2. The molecule has 0 saturated carbocycles. The smallest absolute Gasteiger partial charge is 0.315 e. The minimum absolute atomic E-state index is 0.145. The number of hydrogen-bond donors (Lipinski definition) is 2. The Morgan fingerprint density at radius 3 is 2.81 bits per heavy atom. The van der Waals surface area contributed by atoms with Gasteiger partial charge in [0.2, 0.25) is 0 Å². The molecule has 1 aromatic carbocycles. The highest BCUT2D eigenvalue weighted by Crippen LogP contribution is 2.42. The van der Waals surface area contributed by atoms with Gasteiger partial charge in [-0.1, -0.05) is 6.08 Å². The maximum atomic E-state index is 13.0.